The number of carbonyl (C=O) groups is 2. The first-order valence-corrected chi connectivity index (χ1v) is 6.59. The Labute approximate surface area is 113 Å². The van der Waals surface area contributed by atoms with Crippen LogP contribution in [-0.4, -0.2) is 89.3 Å². The number of rotatable bonds is 5. The molecule has 1 atom stereocenters. The fraction of sp³-hybridized carbons (Fsp3) is 0.833. The lowest BCUT2D eigenvalue weighted by Crippen LogP contribution is -2.55. The number of hydrogen-bond acceptors (Lipinski definition) is 4. The molecule has 7 heteroatoms. The van der Waals surface area contributed by atoms with Gasteiger partial charge < -0.3 is 20.0 Å². The molecule has 1 rings (SSSR count). The Kier molecular flexibility index (Phi) is 6.04. The summed E-state index contributed by atoms with van der Waals surface area (Å²) in [6.45, 7) is 5.05. The Hall–Kier alpha value is -1.34. The highest BCUT2D eigenvalue weighted by Gasteiger charge is 2.29. The van der Waals surface area contributed by atoms with Crippen LogP contribution >= 0.6 is 0 Å². The second-order valence-corrected chi connectivity index (χ2v) is 4.71. The van der Waals surface area contributed by atoms with E-state index in [2.05, 4.69) is 4.90 Å². The first-order chi connectivity index (χ1) is 9.01. The summed E-state index contributed by atoms with van der Waals surface area (Å²) in [6, 6.07) is -1.01. The lowest BCUT2D eigenvalue weighted by atomic mass is 10.2. The van der Waals surface area contributed by atoms with Crippen LogP contribution in [0.15, 0.2) is 0 Å². The smallest absolute Gasteiger partial charge is 0.326 e. The van der Waals surface area contributed by atoms with Crippen LogP contribution in [0.25, 0.3) is 0 Å². The largest absolute Gasteiger partial charge is 0.480 e. The minimum Gasteiger partial charge on any atom is -0.480 e. The number of carbonyl (C=O) groups excluding carboxylic acids is 1. The second-order valence-electron chi connectivity index (χ2n) is 4.71. The third kappa shape index (κ3) is 4.07. The number of carboxylic acids is 1. The van der Waals surface area contributed by atoms with Crippen LogP contribution in [0.4, 0.5) is 4.79 Å². The van der Waals surface area contributed by atoms with Crippen molar-refractivity contribution in [1.29, 1.82) is 0 Å². The first-order valence-electron chi connectivity index (χ1n) is 6.59. The second kappa shape index (κ2) is 7.30. The van der Waals surface area contributed by atoms with Gasteiger partial charge in [-0.05, 0) is 6.42 Å². The molecule has 1 saturated heterocycles. The van der Waals surface area contributed by atoms with E-state index < -0.39 is 12.0 Å². The average Bonchev–Trinajstić information content (AvgIpc) is 2.39. The van der Waals surface area contributed by atoms with E-state index in [1.165, 1.54) is 11.9 Å². The summed E-state index contributed by atoms with van der Waals surface area (Å²) >= 11 is 0. The molecule has 2 N–H and O–H groups in total. The molecule has 7 nitrogen and oxygen atoms in total. The Morgan fingerprint density at radius 1 is 1.26 bits per heavy atom. The Bertz CT molecular complexity index is 316. The number of nitrogens with zero attached hydrogens (tertiary/aromatic N) is 3. The molecule has 2 amide bonds. The maximum atomic E-state index is 12.2. The van der Waals surface area contributed by atoms with E-state index in [0.29, 0.717) is 39.1 Å². The van der Waals surface area contributed by atoms with Crippen molar-refractivity contribution in [1.82, 2.24) is 14.7 Å². The van der Waals surface area contributed by atoms with Crippen LogP contribution in [0.5, 0.6) is 0 Å². The van der Waals surface area contributed by atoms with Crippen LogP contribution in [-0.2, 0) is 4.79 Å². The fourth-order valence-electron chi connectivity index (χ4n) is 2.27. The topological polar surface area (TPSA) is 84.3 Å². The number of hydrogen-bond donors (Lipinski definition) is 2. The molecule has 0 aromatic rings. The van der Waals surface area contributed by atoms with E-state index in [1.807, 2.05) is 0 Å². The number of β-amino-alcohol motifs (C(OH)–C–C–N with tert-alkyl or cyclic N) is 1. The predicted molar refractivity (Wildman–Crippen MR) is 70.0 cm³/mol. The van der Waals surface area contributed by atoms with E-state index in [4.69, 9.17) is 10.2 Å². The number of aliphatic carboxylic acids is 1. The molecule has 1 aliphatic rings. The zero-order chi connectivity index (χ0) is 14.4. The molecule has 0 saturated carbocycles. The normalized spacial score (nSPS) is 18.2. The van der Waals surface area contributed by atoms with Gasteiger partial charge in [0.05, 0.1) is 6.61 Å². The number of aliphatic hydroxyl groups excluding tert-OH is 1. The van der Waals surface area contributed by atoms with E-state index in [9.17, 15) is 9.59 Å². The van der Waals surface area contributed by atoms with Crippen molar-refractivity contribution < 1.29 is 19.8 Å². The highest BCUT2D eigenvalue weighted by molar-refractivity contribution is 5.82. The summed E-state index contributed by atoms with van der Waals surface area (Å²) in [5.74, 6) is -0.975. The van der Waals surface area contributed by atoms with E-state index in [1.54, 1.807) is 11.8 Å². The van der Waals surface area contributed by atoms with Gasteiger partial charge in [-0.1, -0.05) is 6.92 Å². The minimum absolute atomic E-state index is 0.116. The molecule has 1 unspecified atom stereocenters. The summed E-state index contributed by atoms with van der Waals surface area (Å²) < 4.78 is 0. The SMILES string of the molecule is CCC(C(=O)O)N(C)C(=O)N1CCN(CCO)CC1. The zero-order valence-corrected chi connectivity index (χ0v) is 11.6. The van der Waals surface area contributed by atoms with Crippen LogP contribution in [0.1, 0.15) is 13.3 Å². The van der Waals surface area contributed by atoms with Gasteiger partial charge in [0, 0.05) is 39.8 Å². The highest BCUT2D eigenvalue weighted by atomic mass is 16.4. The molecule has 19 heavy (non-hydrogen) atoms. The molecule has 1 aliphatic heterocycles. The standard InChI is InChI=1S/C12H23N3O4/c1-3-10(11(17)18)13(2)12(19)15-6-4-14(5-7-15)8-9-16/h10,16H,3-9H2,1-2H3,(H,17,18). The summed E-state index contributed by atoms with van der Waals surface area (Å²) in [4.78, 5) is 28.3. The van der Waals surface area contributed by atoms with Crippen molar-refractivity contribution >= 4 is 12.0 Å². The fourth-order valence-corrected chi connectivity index (χ4v) is 2.27. The molecule has 1 fully saturated rings. The van der Waals surface area contributed by atoms with Crippen molar-refractivity contribution in [2.24, 2.45) is 0 Å². The Morgan fingerprint density at radius 3 is 2.26 bits per heavy atom. The van der Waals surface area contributed by atoms with Gasteiger partial charge >= 0.3 is 12.0 Å². The van der Waals surface area contributed by atoms with E-state index >= 15 is 0 Å². The highest BCUT2D eigenvalue weighted by Crippen LogP contribution is 2.09. The minimum atomic E-state index is -0.975. The van der Waals surface area contributed by atoms with E-state index in [-0.39, 0.29) is 12.6 Å². The lowest BCUT2D eigenvalue weighted by Gasteiger charge is -2.37. The van der Waals surface area contributed by atoms with Gasteiger partial charge in [0.15, 0.2) is 0 Å². The van der Waals surface area contributed by atoms with Crippen molar-refractivity contribution in [3.8, 4) is 0 Å². The van der Waals surface area contributed by atoms with Crippen molar-refractivity contribution in [2.45, 2.75) is 19.4 Å². The summed E-state index contributed by atoms with van der Waals surface area (Å²) in [5.41, 5.74) is 0. The number of piperazine rings is 1. The summed E-state index contributed by atoms with van der Waals surface area (Å²) in [7, 11) is 1.53. The molecule has 0 aromatic heterocycles. The van der Waals surface area contributed by atoms with Gasteiger partial charge in [0.25, 0.3) is 0 Å². The van der Waals surface area contributed by atoms with Gasteiger partial charge in [-0.2, -0.15) is 0 Å². The third-order valence-electron chi connectivity index (χ3n) is 3.50. The zero-order valence-electron chi connectivity index (χ0n) is 11.6. The molecule has 1 heterocycles. The molecule has 0 spiro atoms. The van der Waals surface area contributed by atoms with Crippen molar-refractivity contribution in [3.05, 3.63) is 0 Å². The maximum Gasteiger partial charge on any atom is 0.326 e. The van der Waals surface area contributed by atoms with Crippen LogP contribution in [0.2, 0.25) is 0 Å². The van der Waals surface area contributed by atoms with E-state index in [0.717, 1.165) is 0 Å². The van der Waals surface area contributed by atoms with Gasteiger partial charge in [0.1, 0.15) is 6.04 Å². The number of amides is 2. The van der Waals surface area contributed by atoms with Crippen molar-refractivity contribution in [3.63, 3.8) is 0 Å². The maximum absolute atomic E-state index is 12.2. The molecule has 0 radical (unpaired) electrons. The van der Waals surface area contributed by atoms with Crippen LogP contribution in [0, 0.1) is 0 Å². The quantitative estimate of drug-likeness (QED) is 0.706. The van der Waals surface area contributed by atoms with Gasteiger partial charge in [-0.3, -0.25) is 4.90 Å². The lowest BCUT2D eigenvalue weighted by molar-refractivity contribution is -0.142. The predicted octanol–water partition coefficient (Wildman–Crippen LogP) is -0.489. The molecule has 110 valence electrons. The number of aliphatic hydroxyl groups is 1. The summed E-state index contributed by atoms with van der Waals surface area (Å²) in [6.07, 6.45) is 0.391. The first kappa shape index (κ1) is 15.7. The number of carboxylic acid groups (broad SMARTS) is 1. The monoisotopic (exact) mass is 273 g/mol. The molecule has 0 aliphatic carbocycles. The van der Waals surface area contributed by atoms with Crippen molar-refractivity contribution in [2.75, 3.05) is 46.4 Å². The summed E-state index contributed by atoms with van der Waals surface area (Å²) in [5, 5.41) is 17.9. The Morgan fingerprint density at radius 2 is 1.84 bits per heavy atom. The van der Waals surface area contributed by atoms with Gasteiger partial charge in [-0.15, -0.1) is 0 Å². The molecule has 0 bridgehead atoms. The molecule has 0 aromatic carbocycles. The molecular formula is C12H23N3O4. The Balaban J connectivity index is 2.52. The van der Waals surface area contributed by atoms with Crippen LogP contribution < -0.4 is 0 Å². The number of urea groups is 1. The average molecular weight is 273 g/mol. The number of likely N-dealkylation sites (N-methyl/N-ethyl adjacent to an activating group) is 1. The van der Waals surface area contributed by atoms with Crippen LogP contribution in [0.3, 0.4) is 0 Å². The molecular weight excluding hydrogens is 250 g/mol. The van der Waals surface area contributed by atoms with Gasteiger partial charge in [0.2, 0.25) is 0 Å². The van der Waals surface area contributed by atoms with Gasteiger partial charge in [-0.25, -0.2) is 9.59 Å². The third-order valence-corrected chi connectivity index (χ3v) is 3.50.